The summed E-state index contributed by atoms with van der Waals surface area (Å²) in [4.78, 5) is 13.9. The van der Waals surface area contributed by atoms with E-state index in [0.717, 1.165) is 5.56 Å². The molecule has 0 bridgehead atoms. The largest absolute Gasteiger partial charge is 0.389 e. The van der Waals surface area contributed by atoms with Crippen LogP contribution in [0.2, 0.25) is 10.0 Å². The molecule has 0 aliphatic heterocycles. The van der Waals surface area contributed by atoms with Gasteiger partial charge in [-0.3, -0.25) is 4.79 Å². The smallest absolute Gasteiger partial charge is 0.292 e. The first-order valence-electron chi connectivity index (χ1n) is 6.90. The van der Waals surface area contributed by atoms with Gasteiger partial charge in [0.15, 0.2) is 0 Å². The van der Waals surface area contributed by atoms with Crippen molar-refractivity contribution in [2.24, 2.45) is 5.73 Å². The third kappa shape index (κ3) is 3.80. The molecule has 0 saturated heterocycles. The maximum atomic E-state index is 11.2. The average Bonchev–Trinajstić information content (AvgIpc) is 2.93. The van der Waals surface area contributed by atoms with Crippen LogP contribution in [0.3, 0.4) is 0 Å². The number of nitrogens with zero attached hydrogens (tertiary/aromatic N) is 1. The Kier molecular flexibility index (Phi) is 5.45. The minimum Gasteiger partial charge on any atom is -0.389 e. The standard InChI is InChI=1S/C15H17Cl2N3O2/c1-9(21)13(20-7-12(15(18)22)19-8-20)6-5-10-3-2-4-11(16)14(10)17/h2-4,7-9,13,21H,5-6H2,1H3,(H2,18,22)/p+1/t9-,13+/m0/s1. The third-order valence-electron chi connectivity index (χ3n) is 3.59. The Labute approximate surface area is 138 Å². The number of aliphatic hydroxyl groups is 1. The van der Waals surface area contributed by atoms with Crippen molar-refractivity contribution in [3.63, 3.8) is 0 Å². The fraction of sp³-hybridized carbons (Fsp3) is 0.333. The minimum absolute atomic E-state index is 0.209. The van der Waals surface area contributed by atoms with Crippen molar-refractivity contribution in [3.05, 3.63) is 52.0 Å². The maximum absolute atomic E-state index is 11.2. The predicted molar refractivity (Wildman–Crippen MR) is 85.0 cm³/mol. The van der Waals surface area contributed by atoms with Crippen molar-refractivity contribution < 1.29 is 14.5 Å². The highest BCUT2D eigenvalue weighted by Gasteiger charge is 2.24. The van der Waals surface area contributed by atoms with Crippen LogP contribution in [0.4, 0.5) is 0 Å². The second-order valence-corrected chi connectivity index (χ2v) is 5.97. The molecule has 1 amide bonds. The normalized spacial score (nSPS) is 13.8. The monoisotopic (exact) mass is 342 g/mol. The van der Waals surface area contributed by atoms with Crippen LogP contribution in [0, 0.1) is 0 Å². The summed E-state index contributed by atoms with van der Waals surface area (Å²) >= 11 is 12.2. The molecule has 1 heterocycles. The zero-order chi connectivity index (χ0) is 16.3. The summed E-state index contributed by atoms with van der Waals surface area (Å²) < 4.78 is 1.75. The molecular formula is C15H18Cl2N3O2+. The van der Waals surface area contributed by atoms with Gasteiger partial charge in [-0.1, -0.05) is 35.3 Å². The van der Waals surface area contributed by atoms with E-state index in [1.165, 1.54) is 0 Å². The highest BCUT2D eigenvalue weighted by molar-refractivity contribution is 6.42. The van der Waals surface area contributed by atoms with E-state index >= 15 is 0 Å². The number of aromatic nitrogens is 2. The molecule has 0 fully saturated rings. The number of aliphatic hydroxyl groups excluding tert-OH is 1. The van der Waals surface area contributed by atoms with E-state index in [0.29, 0.717) is 28.6 Å². The van der Waals surface area contributed by atoms with Gasteiger partial charge in [0, 0.05) is 0 Å². The summed E-state index contributed by atoms with van der Waals surface area (Å²) in [5, 5.41) is 11.1. The van der Waals surface area contributed by atoms with Crippen molar-refractivity contribution >= 4 is 29.1 Å². The van der Waals surface area contributed by atoms with E-state index in [4.69, 9.17) is 28.9 Å². The molecule has 0 saturated carbocycles. The Hall–Kier alpha value is -1.56. The molecule has 118 valence electrons. The number of H-pyrrole nitrogens is 1. The number of aromatic amines is 1. The molecule has 2 aromatic rings. The SMILES string of the molecule is C[C@H](O)[C@@H](CCc1cccc(Cl)c1Cl)[n+]1c[nH]c(C(N)=O)c1. The average molecular weight is 343 g/mol. The molecular weight excluding hydrogens is 325 g/mol. The number of benzene rings is 1. The van der Waals surface area contributed by atoms with Gasteiger partial charge in [0.2, 0.25) is 12.0 Å². The van der Waals surface area contributed by atoms with Gasteiger partial charge in [0.25, 0.3) is 5.91 Å². The lowest BCUT2D eigenvalue weighted by molar-refractivity contribution is -0.729. The van der Waals surface area contributed by atoms with Crippen LogP contribution >= 0.6 is 23.2 Å². The van der Waals surface area contributed by atoms with Gasteiger partial charge in [-0.15, -0.1) is 0 Å². The van der Waals surface area contributed by atoms with Gasteiger partial charge >= 0.3 is 0 Å². The first-order chi connectivity index (χ1) is 10.4. The lowest BCUT2D eigenvalue weighted by Gasteiger charge is -2.17. The summed E-state index contributed by atoms with van der Waals surface area (Å²) in [6.45, 7) is 1.70. The molecule has 7 heteroatoms. The van der Waals surface area contributed by atoms with Crippen LogP contribution in [-0.2, 0) is 6.42 Å². The molecule has 2 atom stereocenters. The van der Waals surface area contributed by atoms with Gasteiger partial charge in [0.1, 0.15) is 12.2 Å². The van der Waals surface area contributed by atoms with E-state index in [-0.39, 0.29) is 6.04 Å². The molecule has 1 aromatic heterocycles. The molecule has 0 aliphatic rings. The van der Waals surface area contributed by atoms with Crippen molar-refractivity contribution in [1.82, 2.24) is 4.98 Å². The molecule has 0 radical (unpaired) electrons. The highest BCUT2D eigenvalue weighted by Crippen LogP contribution is 2.27. The Bertz CT molecular complexity index is 671. The Morgan fingerprint density at radius 3 is 2.77 bits per heavy atom. The van der Waals surface area contributed by atoms with E-state index in [2.05, 4.69) is 4.98 Å². The number of rotatable bonds is 6. The van der Waals surface area contributed by atoms with E-state index < -0.39 is 12.0 Å². The molecule has 0 aliphatic carbocycles. The third-order valence-corrected chi connectivity index (χ3v) is 4.45. The summed E-state index contributed by atoms with van der Waals surface area (Å²) in [6.07, 6.45) is 3.91. The van der Waals surface area contributed by atoms with E-state index in [9.17, 15) is 9.90 Å². The van der Waals surface area contributed by atoms with Crippen molar-refractivity contribution in [2.75, 3.05) is 0 Å². The number of amides is 1. The summed E-state index contributed by atoms with van der Waals surface area (Å²) in [7, 11) is 0. The van der Waals surface area contributed by atoms with Crippen LogP contribution < -0.4 is 10.3 Å². The lowest BCUT2D eigenvalue weighted by Crippen LogP contribution is -2.43. The summed E-state index contributed by atoms with van der Waals surface area (Å²) in [5.41, 5.74) is 6.45. The van der Waals surface area contributed by atoms with Crippen molar-refractivity contribution in [1.29, 1.82) is 0 Å². The number of halogens is 2. The number of carbonyl (C=O) groups excluding carboxylic acids is 1. The van der Waals surface area contributed by atoms with E-state index in [1.807, 2.05) is 12.1 Å². The number of primary amides is 1. The zero-order valence-corrected chi connectivity index (χ0v) is 13.6. The van der Waals surface area contributed by atoms with Crippen molar-refractivity contribution in [2.45, 2.75) is 31.9 Å². The lowest BCUT2D eigenvalue weighted by atomic mass is 10.0. The number of hydrogen-bond acceptors (Lipinski definition) is 2. The highest BCUT2D eigenvalue weighted by atomic mass is 35.5. The molecule has 0 unspecified atom stereocenters. The second kappa shape index (κ2) is 7.13. The molecule has 4 N–H and O–H groups in total. The van der Waals surface area contributed by atoms with Crippen LogP contribution in [0.1, 0.15) is 35.4 Å². The summed E-state index contributed by atoms with van der Waals surface area (Å²) in [6, 6.07) is 5.28. The molecule has 2 rings (SSSR count). The number of aryl methyl sites for hydroxylation is 1. The van der Waals surface area contributed by atoms with Crippen LogP contribution in [0.25, 0.3) is 0 Å². The second-order valence-electron chi connectivity index (χ2n) is 5.19. The van der Waals surface area contributed by atoms with Gasteiger partial charge < -0.3 is 10.8 Å². The van der Waals surface area contributed by atoms with Crippen molar-refractivity contribution in [3.8, 4) is 0 Å². The fourth-order valence-electron chi connectivity index (χ4n) is 2.38. The topological polar surface area (TPSA) is 83.0 Å². The Morgan fingerprint density at radius 2 is 2.18 bits per heavy atom. The van der Waals surface area contributed by atoms with Gasteiger partial charge in [-0.05, 0) is 31.4 Å². The number of imidazole rings is 1. The zero-order valence-electron chi connectivity index (χ0n) is 12.1. The first kappa shape index (κ1) is 16.8. The number of nitrogens with two attached hydrogens (primary N) is 1. The maximum Gasteiger partial charge on any atom is 0.292 e. The molecule has 22 heavy (non-hydrogen) atoms. The van der Waals surface area contributed by atoms with Gasteiger partial charge in [-0.2, -0.15) is 0 Å². The fourth-order valence-corrected chi connectivity index (χ4v) is 2.79. The molecule has 0 spiro atoms. The van der Waals surface area contributed by atoms with Crippen LogP contribution in [-0.4, -0.2) is 22.1 Å². The predicted octanol–water partition coefficient (Wildman–Crippen LogP) is 2.26. The minimum atomic E-state index is -0.598. The number of hydrogen-bond donors (Lipinski definition) is 3. The van der Waals surface area contributed by atoms with Gasteiger partial charge in [0.05, 0.1) is 16.1 Å². The van der Waals surface area contributed by atoms with E-state index in [1.54, 1.807) is 30.1 Å². The Morgan fingerprint density at radius 1 is 1.45 bits per heavy atom. The quantitative estimate of drug-likeness (QED) is 0.703. The molecule has 1 aromatic carbocycles. The Balaban J connectivity index is 2.15. The van der Waals surface area contributed by atoms with Crippen LogP contribution in [0.15, 0.2) is 30.7 Å². The first-order valence-corrected chi connectivity index (χ1v) is 7.65. The van der Waals surface area contributed by atoms with Gasteiger partial charge in [-0.25, -0.2) is 9.55 Å². The molecule has 5 nitrogen and oxygen atoms in total. The number of carbonyl (C=O) groups is 1. The number of nitrogens with one attached hydrogen (secondary N) is 1. The van der Waals surface area contributed by atoms with Crippen LogP contribution in [0.5, 0.6) is 0 Å². The summed E-state index contributed by atoms with van der Waals surface area (Å²) in [5.74, 6) is -0.541.